The molecule has 0 aliphatic carbocycles. The third kappa shape index (κ3) is 2.86. The zero-order valence-corrected chi connectivity index (χ0v) is 16.2. The summed E-state index contributed by atoms with van der Waals surface area (Å²) in [4.78, 5) is 0. The Morgan fingerprint density at radius 1 is 0.880 bits per heavy atom. The minimum atomic E-state index is 0.209. The Bertz CT molecular complexity index is 872. The Labute approximate surface area is 152 Å². The first-order valence-corrected chi connectivity index (χ1v) is 9.52. The third-order valence-electron chi connectivity index (χ3n) is 6.13. The van der Waals surface area contributed by atoms with E-state index in [0.717, 1.165) is 12.8 Å². The summed E-state index contributed by atoms with van der Waals surface area (Å²) in [6.45, 7) is 9.41. The summed E-state index contributed by atoms with van der Waals surface area (Å²) in [5, 5.41) is 2.62. The van der Waals surface area contributed by atoms with Crippen molar-refractivity contribution in [2.75, 3.05) is 0 Å². The highest BCUT2D eigenvalue weighted by molar-refractivity contribution is 5.93. The normalized spacial score (nSPS) is 12.1. The van der Waals surface area contributed by atoms with E-state index in [1.807, 2.05) is 0 Å². The smallest absolute Gasteiger partial charge is 0.200 e. The standard InChI is InChI=1S/C24H30N/c1-6-24(7-2,18(3)4)22-15-11-10-14-21(22)23-20-13-9-8-12-19(20)16-17-25(23)5/h8-18H,6-7H2,1-5H3/q+1. The molecule has 0 radical (unpaired) electrons. The van der Waals surface area contributed by atoms with Gasteiger partial charge in [-0.15, -0.1) is 0 Å². The van der Waals surface area contributed by atoms with Gasteiger partial charge in [0.05, 0.1) is 10.9 Å². The summed E-state index contributed by atoms with van der Waals surface area (Å²) in [7, 11) is 2.16. The van der Waals surface area contributed by atoms with Crippen LogP contribution in [0.4, 0.5) is 0 Å². The van der Waals surface area contributed by atoms with Crippen LogP contribution in [0, 0.1) is 5.92 Å². The molecule has 0 saturated heterocycles. The molecule has 0 amide bonds. The molecular formula is C24H30N+. The van der Waals surface area contributed by atoms with Gasteiger partial charge in [0.15, 0.2) is 6.20 Å². The number of pyridine rings is 1. The van der Waals surface area contributed by atoms with Crippen molar-refractivity contribution in [2.24, 2.45) is 13.0 Å². The first-order chi connectivity index (χ1) is 12.0. The number of rotatable bonds is 5. The van der Waals surface area contributed by atoms with Gasteiger partial charge in [0, 0.05) is 6.07 Å². The zero-order chi connectivity index (χ0) is 18.0. The minimum Gasteiger partial charge on any atom is -0.200 e. The van der Waals surface area contributed by atoms with Gasteiger partial charge in [-0.2, -0.15) is 0 Å². The van der Waals surface area contributed by atoms with Crippen LogP contribution >= 0.6 is 0 Å². The summed E-state index contributed by atoms with van der Waals surface area (Å²) < 4.78 is 2.28. The second-order valence-corrected chi connectivity index (χ2v) is 7.43. The fourth-order valence-corrected chi connectivity index (χ4v) is 4.53. The van der Waals surface area contributed by atoms with E-state index in [0.29, 0.717) is 5.92 Å². The van der Waals surface area contributed by atoms with Gasteiger partial charge < -0.3 is 0 Å². The number of hydrogen-bond acceptors (Lipinski definition) is 0. The van der Waals surface area contributed by atoms with Crippen molar-refractivity contribution in [1.29, 1.82) is 0 Å². The van der Waals surface area contributed by atoms with Crippen molar-refractivity contribution in [2.45, 2.75) is 46.0 Å². The van der Waals surface area contributed by atoms with Gasteiger partial charge in [-0.1, -0.05) is 64.1 Å². The Kier molecular flexibility index (Phi) is 4.94. The van der Waals surface area contributed by atoms with E-state index in [1.54, 1.807) is 0 Å². The number of nitrogens with zero attached hydrogens (tertiary/aromatic N) is 1. The number of hydrogen-bond donors (Lipinski definition) is 0. The van der Waals surface area contributed by atoms with Gasteiger partial charge in [-0.25, -0.2) is 4.57 Å². The lowest BCUT2D eigenvalue weighted by molar-refractivity contribution is -0.659. The van der Waals surface area contributed by atoms with Crippen molar-refractivity contribution in [3.8, 4) is 11.3 Å². The van der Waals surface area contributed by atoms with E-state index >= 15 is 0 Å². The first-order valence-electron chi connectivity index (χ1n) is 9.52. The van der Waals surface area contributed by atoms with Crippen LogP contribution < -0.4 is 4.57 Å². The third-order valence-corrected chi connectivity index (χ3v) is 6.13. The molecule has 0 N–H and O–H groups in total. The molecular weight excluding hydrogens is 302 g/mol. The number of fused-ring (bicyclic) bond motifs is 1. The molecule has 0 saturated carbocycles. The van der Waals surface area contributed by atoms with E-state index in [1.165, 1.54) is 27.6 Å². The van der Waals surface area contributed by atoms with E-state index in [-0.39, 0.29) is 5.41 Å². The fourth-order valence-electron chi connectivity index (χ4n) is 4.53. The summed E-state index contributed by atoms with van der Waals surface area (Å²) in [6, 6.07) is 20.0. The Morgan fingerprint density at radius 3 is 2.20 bits per heavy atom. The van der Waals surface area contributed by atoms with Gasteiger partial charge in [0.25, 0.3) is 0 Å². The second-order valence-electron chi connectivity index (χ2n) is 7.43. The van der Waals surface area contributed by atoms with Gasteiger partial charge >= 0.3 is 0 Å². The van der Waals surface area contributed by atoms with E-state index in [2.05, 4.69) is 100 Å². The highest BCUT2D eigenvalue weighted by Gasteiger charge is 2.35. The molecule has 0 aliphatic rings. The molecule has 1 heteroatoms. The van der Waals surface area contributed by atoms with Gasteiger partial charge in [0.1, 0.15) is 7.05 Å². The van der Waals surface area contributed by atoms with Crippen LogP contribution in [0.5, 0.6) is 0 Å². The number of aryl methyl sites for hydroxylation is 1. The van der Waals surface area contributed by atoms with Crippen LogP contribution in [0.2, 0.25) is 0 Å². The van der Waals surface area contributed by atoms with Gasteiger partial charge in [0.2, 0.25) is 5.69 Å². The molecule has 0 aliphatic heterocycles. The maximum atomic E-state index is 2.37. The topological polar surface area (TPSA) is 3.88 Å². The first kappa shape index (κ1) is 17.7. The van der Waals surface area contributed by atoms with Crippen LogP contribution in [0.1, 0.15) is 46.1 Å². The van der Waals surface area contributed by atoms with Crippen molar-refractivity contribution in [3.05, 3.63) is 66.4 Å². The van der Waals surface area contributed by atoms with E-state index in [4.69, 9.17) is 0 Å². The average Bonchev–Trinajstić information content (AvgIpc) is 2.63. The van der Waals surface area contributed by atoms with Crippen molar-refractivity contribution >= 4 is 10.8 Å². The summed E-state index contributed by atoms with van der Waals surface area (Å²) in [5.74, 6) is 0.601. The Balaban J connectivity index is 2.37. The van der Waals surface area contributed by atoms with Crippen LogP contribution in [0.3, 0.4) is 0 Å². The fraction of sp³-hybridized carbons (Fsp3) is 0.375. The van der Waals surface area contributed by atoms with E-state index in [9.17, 15) is 0 Å². The maximum Gasteiger partial charge on any atom is 0.220 e. The lowest BCUT2D eigenvalue weighted by atomic mass is 9.66. The monoisotopic (exact) mass is 332 g/mol. The molecule has 0 unspecified atom stereocenters. The highest BCUT2D eigenvalue weighted by Crippen LogP contribution is 2.43. The maximum absolute atomic E-state index is 2.37. The van der Waals surface area contributed by atoms with E-state index < -0.39 is 0 Å². The molecule has 2 aromatic carbocycles. The second kappa shape index (κ2) is 7.00. The molecule has 130 valence electrons. The molecule has 3 rings (SSSR count). The van der Waals surface area contributed by atoms with Crippen molar-refractivity contribution in [1.82, 2.24) is 0 Å². The molecule has 0 spiro atoms. The molecule has 1 aromatic heterocycles. The summed E-state index contributed by atoms with van der Waals surface area (Å²) >= 11 is 0. The molecule has 0 atom stereocenters. The quantitative estimate of drug-likeness (QED) is 0.501. The Hall–Kier alpha value is -2.15. The van der Waals surface area contributed by atoms with Gasteiger partial charge in [-0.3, -0.25) is 0 Å². The lowest BCUT2D eigenvalue weighted by Gasteiger charge is -2.38. The molecule has 3 aromatic rings. The molecule has 1 nitrogen and oxygen atoms in total. The van der Waals surface area contributed by atoms with Crippen molar-refractivity contribution in [3.63, 3.8) is 0 Å². The number of aromatic nitrogens is 1. The largest absolute Gasteiger partial charge is 0.220 e. The van der Waals surface area contributed by atoms with Crippen LogP contribution in [-0.2, 0) is 12.5 Å². The summed E-state index contributed by atoms with van der Waals surface area (Å²) in [5.41, 5.74) is 4.39. The van der Waals surface area contributed by atoms with Crippen LogP contribution in [0.25, 0.3) is 22.0 Å². The zero-order valence-electron chi connectivity index (χ0n) is 16.2. The van der Waals surface area contributed by atoms with Crippen molar-refractivity contribution < 1.29 is 4.57 Å². The Morgan fingerprint density at radius 2 is 1.52 bits per heavy atom. The number of benzene rings is 2. The minimum absolute atomic E-state index is 0.209. The molecule has 0 bridgehead atoms. The SMILES string of the molecule is CCC(CC)(c1ccccc1-c1c2ccccc2cc[n+]1C)C(C)C. The lowest BCUT2D eigenvalue weighted by Crippen LogP contribution is -2.35. The predicted molar refractivity (Wildman–Crippen MR) is 108 cm³/mol. The van der Waals surface area contributed by atoms with Crippen LogP contribution in [0.15, 0.2) is 60.8 Å². The highest BCUT2D eigenvalue weighted by atomic mass is 14.9. The van der Waals surface area contributed by atoms with Gasteiger partial charge in [-0.05, 0) is 47.3 Å². The summed E-state index contributed by atoms with van der Waals surface area (Å²) in [6.07, 6.45) is 4.50. The predicted octanol–water partition coefficient (Wildman–Crippen LogP) is 6.05. The molecule has 25 heavy (non-hydrogen) atoms. The van der Waals surface area contributed by atoms with Crippen LogP contribution in [-0.4, -0.2) is 0 Å². The molecule has 1 heterocycles. The average molecular weight is 333 g/mol. The molecule has 0 fully saturated rings.